The van der Waals surface area contributed by atoms with Gasteiger partial charge in [0.15, 0.2) is 11.4 Å². The zero-order valence-corrected chi connectivity index (χ0v) is 20.9. The number of alkyl halides is 3. The minimum absolute atomic E-state index is 0.0487. The van der Waals surface area contributed by atoms with Gasteiger partial charge in [0.25, 0.3) is 5.56 Å². The standard InChI is InChI=1S/C28H26F4N4O2/c1-16-5-3-6-21(29)25(16)19-10-8-18(9-11-19)20-13-22-26(35-17(2)14-34-22)36(27(20)37)15-23-24(7-4-12-33-23)38-28(30,31)32/h3-7,12-14,18-19H,8-11,15H2,1-2H3/t18-,19-. The molecule has 0 N–H and O–H groups in total. The van der Waals surface area contributed by atoms with E-state index in [2.05, 4.69) is 19.7 Å². The summed E-state index contributed by atoms with van der Waals surface area (Å²) in [7, 11) is 0. The van der Waals surface area contributed by atoms with Crippen molar-refractivity contribution in [1.29, 1.82) is 0 Å². The van der Waals surface area contributed by atoms with Crippen molar-refractivity contribution < 1.29 is 22.3 Å². The summed E-state index contributed by atoms with van der Waals surface area (Å²) < 4.78 is 59.0. The average Bonchev–Trinajstić information content (AvgIpc) is 2.86. The summed E-state index contributed by atoms with van der Waals surface area (Å²) in [6.07, 6.45) is 0.796. The lowest BCUT2D eigenvalue weighted by Gasteiger charge is -2.30. The van der Waals surface area contributed by atoms with E-state index in [-0.39, 0.29) is 41.1 Å². The lowest BCUT2D eigenvalue weighted by molar-refractivity contribution is -0.275. The summed E-state index contributed by atoms with van der Waals surface area (Å²) >= 11 is 0. The van der Waals surface area contributed by atoms with Gasteiger partial charge in [-0.25, -0.2) is 9.37 Å². The fraction of sp³-hybridized carbons (Fsp3) is 0.357. The van der Waals surface area contributed by atoms with E-state index in [0.717, 1.165) is 17.2 Å². The number of halogens is 4. The number of rotatable bonds is 5. The van der Waals surface area contributed by atoms with Crippen LogP contribution in [0, 0.1) is 19.7 Å². The van der Waals surface area contributed by atoms with Crippen LogP contribution in [0.3, 0.4) is 0 Å². The first-order valence-corrected chi connectivity index (χ1v) is 12.4. The summed E-state index contributed by atoms with van der Waals surface area (Å²) in [5.41, 5.74) is 3.05. The summed E-state index contributed by atoms with van der Waals surface area (Å²) in [4.78, 5) is 26.8. The number of hydrogen-bond acceptors (Lipinski definition) is 5. The second-order valence-corrected chi connectivity index (χ2v) is 9.73. The molecule has 1 aromatic carbocycles. The SMILES string of the molecule is Cc1cnc2cc([C@H]3CC[C@H](c4c(C)cccc4F)CC3)c(=O)n(Cc3ncccc3OC(F)(F)F)c2n1. The van der Waals surface area contributed by atoms with Crippen LogP contribution in [0.5, 0.6) is 5.75 Å². The first kappa shape index (κ1) is 25.8. The highest BCUT2D eigenvalue weighted by molar-refractivity contribution is 5.71. The molecule has 0 atom stereocenters. The average molecular weight is 527 g/mol. The maximum absolute atomic E-state index is 14.6. The van der Waals surface area contributed by atoms with Crippen LogP contribution in [0.1, 0.15) is 65.6 Å². The zero-order chi connectivity index (χ0) is 27.0. The second kappa shape index (κ2) is 10.2. The van der Waals surface area contributed by atoms with E-state index >= 15 is 0 Å². The third kappa shape index (κ3) is 5.25. The third-order valence-corrected chi connectivity index (χ3v) is 7.17. The second-order valence-electron chi connectivity index (χ2n) is 9.73. The highest BCUT2D eigenvalue weighted by Gasteiger charge is 2.33. The first-order chi connectivity index (χ1) is 18.1. The van der Waals surface area contributed by atoms with Crippen LogP contribution in [0.25, 0.3) is 11.2 Å². The van der Waals surface area contributed by atoms with E-state index in [0.29, 0.717) is 42.5 Å². The van der Waals surface area contributed by atoms with E-state index in [1.165, 1.54) is 22.9 Å². The van der Waals surface area contributed by atoms with E-state index in [9.17, 15) is 22.4 Å². The molecular weight excluding hydrogens is 500 g/mol. The Kier molecular flexibility index (Phi) is 6.90. The predicted molar refractivity (Wildman–Crippen MR) is 134 cm³/mol. The molecule has 0 aliphatic heterocycles. The molecule has 5 rings (SSSR count). The van der Waals surface area contributed by atoms with Crippen molar-refractivity contribution in [2.75, 3.05) is 0 Å². The summed E-state index contributed by atoms with van der Waals surface area (Å²) in [6, 6.07) is 9.31. The van der Waals surface area contributed by atoms with Gasteiger partial charge in [-0.1, -0.05) is 12.1 Å². The number of ether oxygens (including phenoxy) is 1. The molecule has 1 aliphatic rings. The normalized spacial score (nSPS) is 18.1. The van der Waals surface area contributed by atoms with Gasteiger partial charge in [-0.2, -0.15) is 0 Å². The maximum atomic E-state index is 14.6. The lowest BCUT2D eigenvalue weighted by Crippen LogP contribution is -2.29. The molecule has 3 heterocycles. The topological polar surface area (TPSA) is 69.9 Å². The number of pyridine rings is 2. The molecule has 1 fully saturated rings. The molecule has 1 saturated carbocycles. The van der Waals surface area contributed by atoms with E-state index in [1.807, 2.05) is 13.0 Å². The van der Waals surface area contributed by atoms with E-state index in [4.69, 9.17) is 0 Å². The van der Waals surface area contributed by atoms with Crippen LogP contribution in [0.15, 0.2) is 53.6 Å². The monoisotopic (exact) mass is 526 g/mol. The van der Waals surface area contributed by atoms with Crippen LogP contribution in [0.2, 0.25) is 0 Å². The fourth-order valence-corrected chi connectivity index (χ4v) is 5.44. The van der Waals surface area contributed by atoms with Crippen molar-refractivity contribution in [3.63, 3.8) is 0 Å². The summed E-state index contributed by atoms with van der Waals surface area (Å²) in [6.45, 7) is 3.36. The number of aryl methyl sites for hydroxylation is 2. The van der Waals surface area contributed by atoms with Crippen molar-refractivity contribution >= 4 is 11.2 Å². The maximum Gasteiger partial charge on any atom is 0.573 e. The summed E-state index contributed by atoms with van der Waals surface area (Å²) in [5.74, 6) is -0.724. The Labute approximate surface area is 216 Å². The molecule has 6 nitrogen and oxygen atoms in total. The van der Waals surface area contributed by atoms with Crippen LogP contribution < -0.4 is 10.3 Å². The molecular formula is C28H26F4N4O2. The number of benzene rings is 1. The molecule has 0 amide bonds. The Morgan fingerprint density at radius 2 is 1.76 bits per heavy atom. The molecule has 38 heavy (non-hydrogen) atoms. The number of hydrogen-bond donors (Lipinski definition) is 0. The van der Waals surface area contributed by atoms with Gasteiger partial charge in [0, 0.05) is 18.0 Å². The first-order valence-electron chi connectivity index (χ1n) is 12.4. The molecule has 0 spiro atoms. The Morgan fingerprint density at radius 3 is 2.47 bits per heavy atom. The molecule has 0 saturated heterocycles. The molecule has 1 aliphatic carbocycles. The number of nitrogens with zero attached hydrogens (tertiary/aromatic N) is 4. The Bertz CT molecular complexity index is 1520. The van der Waals surface area contributed by atoms with Crippen LogP contribution >= 0.6 is 0 Å². The number of aromatic nitrogens is 4. The smallest absolute Gasteiger partial charge is 0.404 e. The largest absolute Gasteiger partial charge is 0.573 e. The van der Waals surface area contributed by atoms with Gasteiger partial charge >= 0.3 is 6.36 Å². The van der Waals surface area contributed by atoms with Crippen molar-refractivity contribution in [3.05, 3.63) is 93.0 Å². The van der Waals surface area contributed by atoms with E-state index in [1.54, 1.807) is 25.3 Å². The fourth-order valence-electron chi connectivity index (χ4n) is 5.44. The van der Waals surface area contributed by atoms with Crippen molar-refractivity contribution in [2.24, 2.45) is 0 Å². The molecule has 10 heteroatoms. The third-order valence-electron chi connectivity index (χ3n) is 7.17. The summed E-state index contributed by atoms with van der Waals surface area (Å²) in [5, 5.41) is 0. The van der Waals surface area contributed by atoms with Gasteiger partial charge < -0.3 is 4.74 Å². The lowest BCUT2D eigenvalue weighted by atomic mass is 9.75. The number of fused-ring (bicyclic) bond motifs is 1. The Balaban J connectivity index is 1.51. The quantitative estimate of drug-likeness (QED) is 0.284. The molecule has 3 aromatic heterocycles. The molecule has 4 aromatic rings. The van der Waals surface area contributed by atoms with Crippen molar-refractivity contribution in [3.8, 4) is 5.75 Å². The minimum atomic E-state index is -4.90. The predicted octanol–water partition coefficient (Wildman–Crippen LogP) is 6.33. The zero-order valence-electron chi connectivity index (χ0n) is 20.9. The van der Waals surface area contributed by atoms with Gasteiger partial charge in [0.2, 0.25) is 0 Å². The van der Waals surface area contributed by atoms with Crippen LogP contribution in [-0.2, 0) is 6.54 Å². The molecule has 0 bridgehead atoms. The molecule has 198 valence electrons. The van der Waals surface area contributed by atoms with Gasteiger partial charge in [0.05, 0.1) is 12.2 Å². The van der Waals surface area contributed by atoms with Gasteiger partial charge in [-0.05, 0) is 86.8 Å². The molecule has 0 radical (unpaired) electrons. The van der Waals surface area contributed by atoms with E-state index < -0.39 is 12.1 Å². The molecule has 0 unspecified atom stereocenters. The Morgan fingerprint density at radius 1 is 1.03 bits per heavy atom. The van der Waals surface area contributed by atoms with Gasteiger partial charge in [-0.3, -0.25) is 19.3 Å². The van der Waals surface area contributed by atoms with Crippen LogP contribution in [0.4, 0.5) is 17.6 Å². The van der Waals surface area contributed by atoms with Crippen LogP contribution in [-0.4, -0.2) is 25.9 Å². The highest BCUT2D eigenvalue weighted by atomic mass is 19.4. The minimum Gasteiger partial charge on any atom is -0.404 e. The highest BCUT2D eigenvalue weighted by Crippen LogP contribution is 2.41. The Hall–Kier alpha value is -3.82. The van der Waals surface area contributed by atoms with Crippen molar-refractivity contribution in [2.45, 2.75) is 64.3 Å². The van der Waals surface area contributed by atoms with Gasteiger partial charge in [-0.15, -0.1) is 13.2 Å². The van der Waals surface area contributed by atoms with Gasteiger partial charge in [0.1, 0.15) is 17.0 Å². The van der Waals surface area contributed by atoms with Crippen molar-refractivity contribution in [1.82, 2.24) is 19.5 Å².